The quantitative estimate of drug-likeness (QED) is 0.237. The standard InChI is InChI=1S/C27H26F4N6O4S/c1-5-32-26(41)35-22-7-15(24-34-21(12-42-24)27(29,30)31)17(9-33-22)14-6-16-20(8-19(14)28)37(10-13(2)36(3)4)11-18(23(16)38)25(39)40/h6-9,11-13H,5,10H2,1-4H3,(H,39,40)(H2,32,33,35,41). The molecule has 3 N–H and O–H groups in total. The molecule has 10 nitrogen and oxygen atoms in total. The Hall–Kier alpha value is -4.37. The molecule has 0 aliphatic heterocycles. The number of carboxylic acids is 1. The molecule has 1 unspecified atom stereocenters. The molecule has 2 amide bonds. The number of alkyl halides is 3. The highest BCUT2D eigenvalue weighted by Gasteiger charge is 2.34. The predicted octanol–water partition coefficient (Wildman–Crippen LogP) is 5.13. The normalized spacial score (nSPS) is 12.5. The molecule has 0 fully saturated rings. The zero-order valence-electron chi connectivity index (χ0n) is 22.8. The van der Waals surface area contributed by atoms with Gasteiger partial charge in [0.1, 0.15) is 22.2 Å². The number of nitrogens with one attached hydrogen (secondary N) is 2. The number of carbonyl (C=O) groups is 2. The molecule has 0 bridgehead atoms. The van der Waals surface area contributed by atoms with Crippen molar-refractivity contribution < 1.29 is 32.3 Å². The van der Waals surface area contributed by atoms with E-state index in [1.807, 2.05) is 25.9 Å². The summed E-state index contributed by atoms with van der Waals surface area (Å²) in [7, 11) is 3.63. The van der Waals surface area contributed by atoms with Gasteiger partial charge in [-0.05, 0) is 46.1 Å². The van der Waals surface area contributed by atoms with Crippen LogP contribution in [0.4, 0.5) is 28.2 Å². The fourth-order valence-corrected chi connectivity index (χ4v) is 4.99. The van der Waals surface area contributed by atoms with Crippen molar-refractivity contribution >= 4 is 40.1 Å². The van der Waals surface area contributed by atoms with Crippen molar-refractivity contribution in [3.8, 4) is 21.7 Å². The maximum Gasteiger partial charge on any atom is 0.434 e. The van der Waals surface area contributed by atoms with Crippen LogP contribution in [0.3, 0.4) is 0 Å². The number of benzene rings is 1. The number of hydrogen-bond acceptors (Lipinski definition) is 7. The van der Waals surface area contributed by atoms with Crippen molar-refractivity contribution in [3.63, 3.8) is 0 Å². The van der Waals surface area contributed by atoms with Gasteiger partial charge in [0.25, 0.3) is 0 Å². The summed E-state index contributed by atoms with van der Waals surface area (Å²) in [5.74, 6) is -2.35. The van der Waals surface area contributed by atoms with Gasteiger partial charge in [0.2, 0.25) is 5.43 Å². The first-order valence-electron chi connectivity index (χ1n) is 12.6. The van der Waals surface area contributed by atoms with Gasteiger partial charge in [-0.25, -0.2) is 23.9 Å². The third-order valence-corrected chi connectivity index (χ3v) is 7.42. The SMILES string of the molecule is CCNC(=O)Nc1cc(-c2nc(C(F)(F)F)cs2)c(-c2cc3c(=O)c(C(=O)O)cn(CC(C)N(C)C)c3cc2F)cn1. The highest BCUT2D eigenvalue weighted by molar-refractivity contribution is 7.13. The first-order chi connectivity index (χ1) is 19.7. The molecule has 0 spiro atoms. The van der Waals surface area contributed by atoms with Gasteiger partial charge in [0, 0.05) is 59.0 Å². The Bertz CT molecular complexity index is 1730. The van der Waals surface area contributed by atoms with Crippen LogP contribution < -0.4 is 16.1 Å². The Morgan fingerprint density at radius 1 is 1.17 bits per heavy atom. The van der Waals surface area contributed by atoms with E-state index in [4.69, 9.17) is 0 Å². The highest BCUT2D eigenvalue weighted by Crippen LogP contribution is 2.39. The minimum Gasteiger partial charge on any atom is -0.477 e. The van der Waals surface area contributed by atoms with Gasteiger partial charge in [0.05, 0.1) is 5.52 Å². The van der Waals surface area contributed by atoms with Crippen LogP contribution in [0.25, 0.3) is 32.6 Å². The number of nitrogens with zero attached hydrogens (tertiary/aromatic N) is 4. The maximum atomic E-state index is 15.8. The van der Waals surface area contributed by atoms with Gasteiger partial charge in [-0.2, -0.15) is 13.2 Å². The van der Waals surface area contributed by atoms with Crippen molar-refractivity contribution in [2.45, 2.75) is 32.6 Å². The molecule has 0 aliphatic rings. The lowest BCUT2D eigenvalue weighted by Crippen LogP contribution is -2.30. The number of carbonyl (C=O) groups excluding carboxylic acids is 1. The van der Waals surface area contributed by atoms with Crippen molar-refractivity contribution in [3.05, 3.63) is 63.3 Å². The predicted molar refractivity (Wildman–Crippen MR) is 150 cm³/mol. The lowest BCUT2D eigenvalue weighted by atomic mass is 9.98. The van der Waals surface area contributed by atoms with Crippen LogP contribution >= 0.6 is 11.3 Å². The van der Waals surface area contributed by atoms with Gasteiger partial charge in [-0.15, -0.1) is 11.3 Å². The molecule has 4 rings (SSSR count). The Balaban J connectivity index is 1.97. The van der Waals surface area contributed by atoms with E-state index < -0.39 is 40.7 Å². The van der Waals surface area contributed by atoms with Gasteiger partial charge < -0.3 is 19.9 Å². The summed E-state index contributed by atoms with van der Waals surface area (Å²) >= 11 is 0.649. The molecule has 0 aliphatic carbocycles. The third-order valence-electron chi connectivity index (χ3n) is 6.54. The summed E-state index contributed by atoms with van der Waals surface area (Å²) in [6.45, 7) is 4.08. The van der Waals surface area contributed by atoms with Gasteiger partial charge in [0.15, 0.2) is 5.69 Å². The van der Waals surface area contributed by atoms with E-state index in [0.717, 1.165) is 29.9 Å². The van der Waals surface area contributed by atoms with Crippen LogP contribution in [0, 0.1) is 5.82 Å². The second kappa shape index (κ2) is 11.9. The summed E-state index contributed by atoms with van der Waals surface area (Å²) < 4.78 is 57.4. The van der Waals surface area contributed by atoms with Crippen molar-refractivity contribution in [1.29, 1.82) is 0 Å². The minimum atomic E-state index is -4.74. The van der Waals surface area contributed by atoms with Crippen LogP contribution in [0.15, 0.2) is 40.8 Å². The van der Waals surface area contributed by atoms with E-state index in [2.05, 4.69) is 20.6 Å². The van der Waals surface area contributed by atoms with Gasteiger partial charge in [-0.1, -0.05) is 0 Å². The van der Waals surface area contributed by atoms with Crippen LogP contribution in [0.1, 0.15) is 29.9 Å². The smallest absolute Gasteiger partial charge is 0.434 e. The first-order valence-corrected chi connectivity index (χ1v) is 13.4. The summed E-state index contributed by atoms with van der Waals surface area (Å²) in [6.07, 6.45) is -2.43. The zero-order chi connectivity index (χ0) is 30.9. The Morgan fingerprint density at radius 3 is 2.48 bits per heavy atom. The molecular weight excluding hydrogens is 580 g/mol. The molecule has 222 valence electrons. The second-order valence-electron chi connectivity index (χ2n) is 9.63. The molecule has 0 radical (unpaired) electrons. The van der Waals surface area contributed by atoms with E-state index in [9.17, 15) is 32.7 Å². The highest BCUT2D eigenvalue weighted by atomic mass is 32.1. The number of aromatic nitrogens is 3. The van der Waals surface area contributed by atoms with Crippen LogP contribution in [-0.2, 0) is 12.7 Å². The topological polar surface area (TPSA) is 129 Å². The number of rotatable bonds is 8. The van der Waals surface area contributed by atoms with E-state index in [-0.39, 0.29) is 51.0 Å². The fourth-order valence-electron chi connectivity index (χ4n) is 4.13. The fraction of sp³-hybridized carbons (Fsp3) is 0.296. The van der Waals surface area contributed by atoms with E-state index in [1.165, 1.54) is 10.6 Å². The lowest BCUT2D eigenvalue weighted by Gasteiger charge is -2.23. The van der Waals surface area contributed by atoms with Gasteiger partial charge >= 0.3 is 18.2 Å². The number of hydrogen-bond donors (Lipinski definition) is 3. The largest absolute Gasteiger partial charge is 0.477 e. The summed E-state index contributed by atoms with van der Waals surface area (Å²) in [6, 6.07) is 2.75. The van der Waals surface area contributed by atoms with E-state index in [0.29, 0.717) is 17.9 Å². The monoisotopic (exact) mass is 606 g/mol. The number of aromatic carboxylic acids is 1. The number of carboxylic acid groups (broad SMARTS) is 1. The van der Waals surface area contributed by atoms with Crippen molar-refractivity contribution in [2.24, 2.45) is 0 Å². The molecule has 42 heavy (non-hydrogen) atoms. The Kier molecular flexibility index (Phi) is 8.63. The molecule has 15 heteroatoms. The molecule has 1 aromatic carbocycles. The number of amides is 2. The van der Waals surface area contributed by atoms with Crippen LogP contribution in [0.5, 0.6) is 0 Å². The number of urea groups is 1. The first kappa shape index (κ1) is 30.6. The number of pyridine rings is 2. The number of likely N-dealkylation sites (N-methyl/N-ethyl adjacent to an activating group) is 1. The van der Waals surface area contributed by atoms with Crippen LogP contribution in [0.2, 0.25) is 0 Å². The molecule has 0 saturated carbocycles. The summed E-state index contributed by atoms with van der Waals surface area (Å²) in [4.78, 5) is 46.8. The molecule has 0 saturated heterocycles. The molecule has 4 aromatic rings. The second-order valence-corrected chi connectivity index (χ2v) is 10.5. The Morgan fingerprint density at radius 2 is 1.88 bits per heavy atom. The van der Waals surface area contributed by atoms with Crippen molar-refractivity contribution in [1.82, 2.24) is 24.8 Å². The molecule has 1 atom stereocenters. The number of thiazole rings is 1. The average Bonchev–Trinajstić information content (AvgIpc) is 3.41. The third kappa shape index (κ3) is 6.26. The van der Waals surface area contributed by atoms with Crippen LogP contribution in [-0.4, -0.2) is 63.2 Å². The van der Waals surface area contributed by atoms with Crippen molar-refractivity contribution in [2.75, 3.05) is 26.0 Å². The lowest BCUT2D eigenvalue weighted by molar-refractivity contribution is -0.140. The average molecular weight is 607 g/mol. The number of anilines is 1. The number of halogens is 4. The Labute approximate surface area is 240 Å². The maximum absolute atomic E-state index is 15.8. The number of fused-ring (bicyclic) bond motifs is 1. The summed E-state index contributed by atoms with van der Waals surface area (Å²) in [5.41, 5.74) is -2.64. The molecule has 3 aromatic heterocycles. The zero-order valence-corrected chi connectivity index (χ0v) is 23.7. The van der Waals surface area contributed by atoms with E-state index in [1.54, 1.807) is 6.92 Å². The van der Waals surface area contributed by atoms with Gasteiger partial charge in [-0.3, -0.25) is 10.1 Å². The van der Waals surface area contributed by atoms with E-state index >= 15 is 4.39 Å². The summed E-state index contributed by atoms with van der Waals surface area (Å²) in [5, 5.41) is 15.2. The minimum absolute atomic E-state index is 0.00601. The molecular formula is C27H26F4N6O4S. The molecule has 3 heterocycles.